The number of fused-ring (bicyclic) bond motifs is 2. The lowest BCUT2D eigenvalue weighted by Crippen LogP contribution is -2.30. The number of anilines is 1. The lowest BCUT2D eigenvalue weighted by molar-refractivity contribution is -0.134. The highest BCUT2D eigenvalue weighted by Gasteiger charge is 2.40. The van der Waals surface area contributed by atoms with Crippen LogP contribution in [0, 0.1) is 0 Å². The molecular formula is C26H23NO4. The van der Waals surface area contributed by atoms with Crippen molar-refractivity contribution in [1.82, 2.24) is 0 Å². The van der Waals surface area contributed by atoms with Gasteiger partial charge in [0.1, 0.15) is 11.5 Å². The molecule has 0 saturated carbocycles. The summed E-state index contributed by atoms with van der Waals surface area (Å²) in [6.07, 6.45) is 3.22. The average Bonchev–Trinajstić information content (AvgIpc) is 3.36. The molecule has 0 unspecified atom stereocenters. The van der Waals surface area contributed by atoms with E-state index >= 15 is 0 Å². The maximum atomic E-state index is 13.4. The third kappa shape index (κ3) is 3.56. The Hall–Kier alpha value is -3.60. The Morgan fingerprint density at radius 3 is 2.35 bits per heavy atom. The molecule has 5 heteroatoms. The van der Waals surface area contributed by atoms with Gasteiger partial charge in [0, 0.05) is 11.3 Å². The van der Waals surface area contributed by atoms with E-state index in [9.17, 15) is 9.59 Å². The zero-order valence-corrected chi connectivity index (χ0v) is 17.3. The number of benzene rings is 3. The summed E-state index contributed by atoms with van der Waals surface area (Å²) in [6, 6.07) is 20.2. The summed E-state index contributed by atoms with van der Waals surface area (Å²) in [7, 11) is 1.59. The van der Waals surface area contributed by atoms with E-state index in [1.165, 1.54) is 11.1 Å². The van der Waals surface area contributed by atoms with Crippen molar-refractivity contribution in [3.8, 4) is 11.5 Å². The first kappa shape index (κ1) is 19.4. The van der Waals surface area contributed by atoms with E-state index in [1.54, 1.807) is 36.3 Å². The van der Waals surface area contributed by atoms with E-state index in [0.29, 0.717) is 17.1 Å². The van der Waals surface area contributed by atoms with E-state index in [1.807, 2.05) is 36.4 Å². The first-order chi connectivity index (χ1) is 15.1. The highest BCUT2D eigenvalue weighted by Crippen LogP contribution is 2.42. The van der Waals surface area contributed by atoms with Crippen LogP contribution in [0.5, 0.6) is 11.5 Å². The Labute approximate surface area is 181 Å². The van der Waals surface area contributed by atoms with Gasteiger partial charge in [-0.15, -0.1) is 0 Å². The van der Waals surface area contributed by atoms with Gasteiger partial charge in [0.2, 0.25) is 0 Å². The monoisotopic (exact) mass is 413 g/mol. The molecule has 1 amide bonds. The van der Waals surface area contributed by atoms with Gasteiger partial charge in [0.15, 0.2) is 0 Å². The average molecular weight is 413 g/mol. The van der Waals surface area contributed by atoms with Crippen LogP contribution in [0.3, 0.4) is 0 Å². The second kappa shape index (κ2) is 7.91. The topological polar surface area (TPSA) is 55.8 Å². The number of hydrogen-bond acceptors (Lipinski definition) is 4. The predicted octanol–water partition coefficient (Wildman–Crippen LogP) is 4.88. The number of hydrogen-bond donors (Lipinski definition) is 0. The molecule has 1 aliphatic heterocycles. The number of para-hydroxylation sites is 1. The molecule has 156 valence electrons. The van der Waals surface area contributed by atoms with Gasteiger partial charge >= 0.3 is 5.97 Å². The zero-order valence-electron chi connectivity index (χ0n) is 17.3. The summed E-state index contributed by atoms with van der Waals surface area (Å²) in [4.78, 5) is 28.0. The molecule has 2 aliphatic rings. The number of carbonyl (C=O) groups is 2. The van der Waals surface area contributed by atoms with Crippen LogP contribution in [-0.2, 0) is 17.6 Å². The molecule has 0 aromatic heterocycles. The van der Waals surface area contributed by atoms with Crippen molar-refractivity contribution in [2.45, 2.75) is 31.7 Å². The highest BCUT2D eigenvalue weighted by atomic mass is 16.5. The molecule has 1 atom stereocenters. The quantitative estimate of drug-likeness (QED) is 0.442. The standard InChI is InChI=1S/C26H23NO4/c1-30-20-10-12-21(13-11-20)31-25(28)16-24-22-14-17-6-5-7-18(17)15-23(22)26(29)27(24)19-8-3-2-4-9-19/h2-4,8-15,24H,5-7,16H2,1H3/t24-/m1/s1. The third-order valence-corrected chi connectivity index (χ3v) is 6.07. The van der Waals surface area contributed by atoms with Gasteiger partial charge in [-0.2, -0.15) is 0 Å². The second-order valence-corrected chi connectivity index (χ2v) is 7.94. The lowest BCUT2D eigenvalue weighted by Gasteiger charge is -2.25. The van der Waals surface area contributed by atoms with Crippen molar-refractivity contribution in [3.05, 3.63) is 89.0 Å². The first-order valence-corrected chi connectivity index (χ1v) is 10.5. The second-order valence-electron chi connectivity index (χ2n) is 7.94. The van der Waals surface area contributed by atoms with Gasteiger partial charge in [-0.1, -0.05) is 24.3 Å². The van der Waals surface area contributed by atoms with Crippen LogP contribution in [0.15, 0.2) is 66.7 Å². The molecule has 1 aliphatic carbocycles. The number of amides is 1. The van der Waals surface area contributed by atoms with Crippen molar-refractivity contribution in [2.75, 3.05) is 12.0 Å². The summed E-state index contributed by atoms with van der Waals surface area (Å²) in [5, 5.41) is 0. The Morgan fingerprint density at radius 1 is 0.968 bits per heavy atom. The van der Waals surface area contributed by atoms with Crippen LogP contribution in [0.1, 0.15) is 45.9 Å². The van der Waals surface area contributed by atoms with Crippen LogP contribution in [-0.4, -0.2) is 19.0 Å². The van der Waals surface area contributed by atoms with Crippen LogP contribution in [0.4, 0.5) is 5.69 Å². The molecule has 0 fully saturated rings. The van der Waals surface area contributed by atoms with Gasteiger partial charge in [-0.25, -0.2) is 0 Å². The van der Waals surface area contributed by atoms with Crippen LogP contribution in [0.2, 0.25) is 0 Å². The molecule has 1 heterocycles. The van der Waals surface area contributed by atoms with E-state index in [0.717, 1.165) is 30.5 Å². The van der Waals surface area contributed by atoms with Crippen LogP contribution < -0.4 is 14.4 Å². The van der Waals surface area contributed by atoms with Gasteiger partial charge in [-0.3, -0.25) is 9.59 Å². The number of ether oxygens (including phenoxy) is 2. The number of carbonyl (C=O) groups excluding carboxylic acids is 2. The number of methoxy groups -OCH3 is 1. The molecule has 5 nitrogen and oxygen atoms in total. The summed E-state index contributed by atoms with van der Waals surface area (Å²) in [6.45, 7) is 0. The van der Waals surface area contributed by atoms with Gasteiger partial charge in [-0.05, 0) is 78.4 Å². The van der Waals surface area contributed by atoms with Crippen molar-refractivity contribution in [2.24, 2.45) is 0 Å². The maximum absolute atomic E-state index is 13.4. The van der Waals surface area contributed by atoms with Crippen molar-refractivity contribution in [1.29, 1.82) is 0 Å². The fourth-order valence-electron chi connectivity index (χ4n) is 4.58. The largest absolute Gasteiger partial charge is 0.497 e. The van der Waals surface area contributed by atoms with Crippen LogP contribution >= 0.6 is 0 Å². The Balaban J connectivity index is 1.46. The molecule has 5 rings (SSSR count). The SMILES string of the molecule is COc1ccc(OC(=O)C[C@@H]2c3cc4c(cc3C(=O)N2c2ccccc2)CCC4)cc1. The Bertz CT molecular complexity index is 1140. The Kier molecular flexibility index (Phi) is 4.94. The minimum atomic E-state index is -0.387. The minimum absolute atomic E-state index is 0.0573. The van der Waals surface area contributed by atoms with Gasteiger partial charge in [0.05, 0.1) is 19.6 Å². The molecule has 3 aromatic carbocycles. The Morgan fingerprint density at radius 2 is 1.65 bits per heavy atom. The summed E-state index contributed by atoms with van der Waals surface area (Å²) in [5.41, 5.74) is 4.94. The number of nitrogens with zero attached hydrogens (tertiary/aromatic N) is 1. The fourth-order valence-corrected chi connectivity index (χ4v) is 4.58. The molecule has 0 spiro atoms. The molecular weight excluding hydrogens is 390 g/mol. The van der Waals surface area contributed by atoms with E-state index in [4.69, 9.17) is 9.47 Å². The van der Waals surface area contributed by atoms with Gasteiger partial charge < -0.3 is 14.4 Å². The number of rotatable bonds is 5. The van der Waals surface area contributed by atoms with Crippen LogP contribution in [0.25, 0.3) is 0 Å². The number of esters is 1. The van der Waals surface area contributed by atoms with Crippen molar-refractivity contribution in [3.63, 3.8) is 0 Å². The number of aryl methyl sites for hydroxylation is 2. The smallest absolute Gasteiger partial charge is 0.313 e. The predicted molar refractivity (Wildman–Crippen MR) is 118 cm³/mol. The molecule has 31 heavy (non-hydrogen) atoms. The van der Waals surface area contributed by atoms with E-state index < -0.39 is 0 Å². The molecule has 0 saturated heterocycles. The zero-order chi connectivity index (χ0) is 21.4. The first-order valence-electron chi connectivity index (χ1n) is 10.5. The van der Waals surface area contributed by atoms with E-state index in [-0.39, 0.29) is 24.3 Å². The highest BCUT2D eigenvalue weighted by molar-refractivity contribution is 6.11. The van der Waals surface area contributed by atoms with Crippen molar-refractivity contribution < 1.29 is 19.1 Å². The third-order valence-electron chi connectivity index (χ3n) is 6.07. The fraction of sp³-hybridized carbons (Fsp3) is 0.231. The molecule has 0 bridgehead atoms. The summed E-state index contributed by atoms with van der Waals surface area (Å²) in [5.74, 6) is 0.713. The van der Waals surface area contributed by atoms with Gasteiger partial charge in [0.25, 0.3) is 5.91 Å². The summed E-state index contributed by atoms with van der Waals surface area (Å²) < 4.78 is 10.7. The molecule has 3 aromatic rings. The lowest BCUT2D eigenvalue weighted by atomic mass is 9.96. The van der Waals surface area contributed by atoms with E-state index in [2.05, 4.69) is 6.07 Å². The molecule has 0 radical (unpaired) electrons. The van der Waals surface area contributed by atoms with Crippen molar-refractivity contribution >= 4 is 17.6 Å². The maximum Gasteiger partial charge on any atom is 0.313 e. The minimum Gasteiger partial charge on any atom is -0.497 e. The normalized spacial score (nSPS) is 16.7. The molecule has 0 N–H and O–H groups in total. The summed E-state index contributed by atoms with van der Waals surface area (Å²) >= 11 is 0.